The summed E-state index contributed by atoms with van der Waals surface area (Å²) in [7, 11) is 0. The van der Waals surface area contributed by atoms with Crippen LogP contribution in [0.3, 0.4) is 0 Å². The summed E-state index contributed by atoms with van der Waals surface area (Å²) in [5, 5.41) is 0. The van der Waals surface area contributed by atoms with Crippen LogP contribution in [0.2, 0.25) is 0 Å². The van der Waals surface area contributed by atoms with Crippen molar-refractivity contribution in [3.05, 3.63) is 34.2 Å². The zero-order chi connectivity index (χ0) is 9.10. The Hall–Kier alpha value is -1.09. The van der Waals surface area contributed by atoms with E-state index < -0.39 is 0 Å². The highest BCUT2D eigenvalue weighted by Crippen LogP contribution is 2.23. The number of H-pyrrole nitrogens is 1. The summed E-state index contributed by atoms with van der Waals surface area (Å²) in [6.07, 6.45) is 2.03. The maximum atomic E-state index is 11.0. The van der Waals surface area contributed by atoms with Gasteiger partial charge in [-0.15, -0.1) is 0 Å². The third-order valence-corrected chi connectivity index (χ3v) is 2.45. The summed E-state index contributed by atoms with van der Waals surface area (Å²) >= 11 is 0. The molecule has 1 aliphatic heterocycles. The maximum Gasteiger partial charge on any atom is 0.248 e. The van der Waals surface area contributed by atoms with Gasteiger partial charge in [-0.2, -0.15) is 0 Å². The first-order valence-corrected chi connectivity index (χ1v) is 4.63. The van der Waals surface area contributed by atoms with Crippen molar-refractivity contribution < 1.29 is 4.74 Å². The van der Waals surface area contributed by atoms with Crippen molar-refractivity contribution in [2.45, 2.75) is 18.8 Å². The molecule has 0 saturated carbocycles. The maximum absolute atomic E-state index is 11.0. The molecular formula is C10H13NO2. The predicted octanol–water partition coefficient (Wildman–Crippen LogP) is 1.27. The fraction of sp³-hybridized carbons (Fsp3) is 0.500. The highest BCUT2D eigenvalue weighted by molar-refractivity contribution is 5.09. The molecule has 0 aliphatic carbocycles. The first-order valence-electron chi connectivity index (χ1n) is 4.63. The molecule has 0 atom stereocenters. The molecule has 3 heteroatoms. The van der Waals surface area contributed by atoms with Crippen molar-refractivity contribution >= 4 is 0 Å². The van der Waals surface area contributed by atoms with Gasteiger partial charge in [0.05, 0.1) is 0 Å². The summed E-state index contributed by atoms with van der Waals surface area (Å²) in [5.41, 5.74) is 1.04. The molecule has 2 heterocycles. The van der Waals surface area contributed by atoms with Crippen LogP contribution >= 0.6 is 0 Å². The Kier molecular flexibility index (Phi) is 2.45. The number of nitrogens with one attached hydrogen (secondary N) is 1. The molecule has 3 nitrogen and oxygen atoms in total. The third-order valence-electron chi connectivity index (χ3n) is 2.45. The van der Waals surface area contributed by atoms with E-state index in [1.165, 1.54) is 0 Å². The predicted molar refractivity (Wildman–Crippen MR) is 49.9 cm³/mol. The first kappa shape index (κ1) is 8.51. The van der Waals surface area contributed by atoms with Crippen LogP contribution in [0.15, 0.2) is 23.0 Å². The number of pyridine rings is 1. The lowest BCUT2D eigenvalue weighted by Crippen LogP contribution is -2.17. The van der Waals surface area contributed by atoms with Crippen molar-refractivity contribution in [1.82, 2.24) is 4.98 Å². The van der Waals surface area contributed by atoms with Crippen LogP contribution in [0, 0.1) is 0 Å². The van der Waals surface area contributed by atoms with E-state index in [0.717, 1.165) is 31.7 Å². The average molecular weight is 179 g/mol. The molecule has 0 unspecified atom stereocenters. The zero-order valence-corrected chi connectivity index (χ0v) is 7.45. The van der Waals surface area contributed by atoms with Gasteiger partial charge in [0, 0.05) is 30.9 Å². The van der Waals surface area contributed by atoms with E-state index in [1.54, 1.807) is 6.07 Å². The second-order valence-electron chi connectivity index (χ2n) is 3.36. The fourth-order valence-electron chi connectivity index (χ4n) is 1.71. The van der Waals surface area contributed by atoms with Gasteiger partial charge in [-0.05, 0) is 18.9 Å². The Morgan fingerprint density at radius 2 is 2.08 bits per heavy atom. The summed E-state index contributed by atoms with van der Waals surface area (Å²) in [6, 6.07) is 5.34. The van der Waals surface area contributed by atoms with E-state index in [2.05, 4.69) is 4.98 Å². The molecule has 1 aromatic heterocycles. The van der Waals surface area contributed by atoms with Gasteiger partial charge in [0.15, 0.2) is 0 Å². The Morgan fingerprint density at radius 3 is 2.77 bits per heavy atom. The van der Waals surface area contributed by atoms with Crippen LogP contribution in [0.25, 0.3) is 0 Å². The molecule has 0 spiro atoms. The zero-order valence-electron chi connectivity index (χ0n) is 7.45. The summed E-state index contributed by atoms with van der Waals surface area (Å²) in [6.45, 7) is 1.61. The standard InChI is InChI=1S/C10H13NO2/c12-10-3-1-2-9(11-10)8-4-6-13-7-5-8/h1-3,8H,4-7H2,(H,11,12). The minimum atomic E-state index is -0.0102. The van der Waals surface area contributed by atoms with E-state index in [0.29, 0.717) is 5.92 Å². The van der Waals surface area contributed by atoms with Crippen LogP contribution in [0.1, 0.15) is 24.5 Å². The molecule has 1 aromatic rings. The lowest BCUT2D eigenvalue weighted by molar-refractivity contribution is 0.0844. The van der Waals surface area contributed by atoms with Crippen molar-refractivity contribution in [3.8, 4) is 0 Å². The molecule has 70 valence electrons. The van der Waals surface area contributed by atoms with E-state index in [9.17, 15) is 4.79 Å². The molecule has 0 radical (unpaired) electrons. The van der Waals surface area contributed by atoms with Gasteiger partial charge < -0.3 is 9.72 Å². The van der Waals surface area contributed by atoms with Gasteiger partial charge in [-0.3, -0.25) is 4.79 Å². The molecule has 13 heavy (non-hydrogen) atoms. The molecule has 0 aromatic carbocycles. The smallest absolute Gasteiger partial charge is 0.248 e. The van der Waals surface area contributed by atoms with Crippen molar-refractivity contribution in [2.24, 2.45) is 0 Å². The normalized spacial score (nSPS) is 18.8. The number of rotatable bonds is 1. The highest BCUT2D eigenvalue weighted by Gasteiger charge is 2.15. The van der Waals surface area contributed by atoms with Gasteiger partial charge >= 0.3 is 0 Å². The Labute approximate surface area is 76.7 Å². The van der Waals surface area contributed by atoms with Crippen molar-refractivity contribution in [2.75, 3.05) is 13.2 Å². The number of hydrogen-bond donors (Lipinski definition) is 1. The number of hydrogen-bond acceptors (Lipinski definition) is 2. The molecule has 0 amide bonds. The first-order chi connectivity index (χ1) is 6.36. The van der Waals surface area contributed by atoms with Gasteiger partial charge in [0.25, 0.3) is 0 Å². The number of aromatic amines is 1. The minimum absolute atomic E-state index is 0.0102. The van der Waals surface area contributed by atoms with Crippen LogP contribution in [-0.4, -0.2) is 18.2 Å². The van der Waals surface area contributed by atoms with Gasteiger partial charge in [0.2, 0.25) is 5.56 Å². The second kappa shape index (κ2) is 3.75. The van der Waals surface area contributed by atoms with Crippen LogP contribution in [-0.2, 0) is 4.74 Å². The summed E-state index contributed by atoms with van der Waals surface area (Å²) in [4.78, 5) is 13.9. The third kappa shape index (κ3) is 1.98. The molecule has 1 aliphatic rings. The molecule has 0 bridgehead atoms. The van der Waals surface area contributed by atoms with E-state index in [1.807, 2.05) is 12.1 Å². The lowest BCUT2D eigenvalue weighted by Gasteiger charge is -2.21. The van der Waals surface area contributed by atoms with Gasteiger partial charge in [-0.1, -0.05) is 6.07 Å². The summed E-state index contributed by atoms with van der Waals surface area (Å²) in [5.74, 6) is 0.475. The second-order valence-corrected chi connectivity index (χ2v) is 3.36. The lowest BCUT2D eigenvalue weighted by atomic mass is 9.96. The highest BCUT2D eigenvalue weighted by atomic mass is 16.5. The van der Waals surface area contributed by atoms with Crippen LogP contribution in [0.4, 0.5) is 0 Å². The molecular weight excluding hydrogens is 166 g/mol. The summed E-state index contributed by atoms with van der Waals surface area (Å²) < 4.78 is 5.26. The van der Waals surface area contributed by atoms with Crippen molar-refractivity contribution in [1.29, 1.82) is 0 Å². The van der Waals surface area contributed by atoms with Crippen LogP contribution in [0.5, 0.6) is 0 Å². The number of ether oxygens (including phenoxy) is 1. The van der Waals surface area contributed by atoms with Crippen molar-refractivity contribution in [3.63, 3.8) is 0 Å². The minimum Gasteiger partial charge on any atom is -0.381 e. The topological polar surface area (TPSA) is 42.1 Å². The molecule has 1 fully saturated rings. The molecule has 1 N–H and O–H groups in total. The average Bonchev–Trinajstić information content (AvgIpc) is 2.19. The van der Waals surface area contributed by atoms with E-state index in [-0.39, 0.29) is 5.56 Å². The Balaban J connectivity index is 2.19. The van der Waals surface area contributed by atoms with Gasteiger partial charge in [0.1, 0.15) is 0 Å². The van der Waals surface area contributed by atoms with Gasteiger partial charge in [-0.25, -0.2) is 0 Å². The molecule has 1 saturated heterocycles. The van der Waals surface area contributed by atoms with E-state index >= 15 is 0 Å². The van der Waals surface area contributed by atoms with Crippen LogP contribution < -0.4 is 5.56 Å². The number of aromatic nitrogens is 1. The Bertz CT molecular complexity index is 326. The quantitative estimate of drug-likeness (QED) is 0.705. The Morgan fingerprint density at radius 1 is 1.31 bits per heavy atom. The van der Waals surface area contributed by atoms with E-state index in [4.69, 9.17) is 4.74 Å². The molecule has 2 rings (SSSR count). The SMILES string of the molecule is O=c1cccc(C2CCOCC2)[nH]1. The largest absolute Gasteiger partial charge is 0.381 e. The monoisotopic (exact) mass is 179 g/mol. The fourth-order valence-corrected chi connectivity index (χ4v) is 1.71.